The number of aryl methyl sites for hydroxylation is 1. The molecule has 0 unspecified atom stereocenters. The first kappa shape index (κ1) is 18.6. The molecule has 1 saturated heterocycles. The third-order valence-corrected chi connectivity index (χ3v) is 4.00. The molecular weight excluding hydrogens is 326 g/mol. The Morgan fingerprint density at radius 3 is 2.58 bits per heavy atom. The molecule has 0 amide bonds. The molecule has 0 aromatic heterocycles. The molecule has 0 spiro atoms. The van der Waals surface area contributed by atoms with Crippen LogP contribution in [-0.4, -0.2) is 32.9 Å². The summed E-state index contributed by atoms with van der Waals surface area (Å²) >= 11 is 0. The predicted molar refractivity (Wildman–Crippen MR) is 97.4 cm³/mol. The second kappa shape index (κ2) is 8.92. The molecule has 3 rings (SSSR count). The van der Waals surface area contributed by atoms with Crippen LogP contribution in [0.1, 0.15) is 17.2 Å². The van der Waals surface area contributed by atoms with Gasteiger partial charge in [0.25, 0.3) is 0 Å². The molecule has 1 N–H and O–H groups in total. The Morgan fingerprint density at radius 1 is 1.12 bits per heavy atom. The summed E-state index contributed by atoms with van der Waals surface area (Å²) in [5.41, 5.74) is 2.24. The van der Waals surface area contributed by atoms with E-state index in [0.717, 1.165) is 35.7 Å². The van der Waals surface area contributed by atoms with Crippen LogP contribution in [0.25, 0.3) is 0 Å². The molecule has 1 fully saturated rings. The minimum absolute atomic E-state index is 0. The van der Waals surface area contributed by atoms with Crippen molar-refractivity contribution in [3.05, 3.63) is 59.7 Å². The van der Waals surface area contributed by atoms with Crippen LogP contribution in [0, 0.1) is 6.92 Å². The van der Waals surface area contributed by atoms with Crippen molar-refractivity contribution in [1.82, 2.24) is 5.32 Å². The zero-order chi connectivity index (χ0) is 16.1. The summed E-state index contributed by atoms with van der Waals surface area (Å²) in [4.78, 5) is 0. The highest BCUT2D eigenvalue weighted by atomic mass is 35.5. The van der Waals surface area contributed by atoms with E-state index >= 15 is 0 Å². The molecule has 24 heavy (non-hydrogen) atoms. The number of rotatable bonds is 5. The summed E-state index contributed by atoms with van der Waals surface area (Å²) in [6.45, 7) is 4.39. The first-order valence-electron chi connectivity index (χ1n) is 7.96. The van der Waals surface area contributed by atoms with Crippen LogP contribution in [-0.2, 0) is 4.74 Å². The molecule has 0 radical (unpaired) electrons. The SMILES string of the molecule is COc1cc(C)ccc1O[C@@H](c1ccccc1)[C@@H]1CNCCO1.Cl. The molecule has 130 valence electrons. The Morgan fingerprint density at radius 2 is 1.92 bits per heavy atom. The van der Waals surface area contributed by atoms with Crippen molar-refractivity contribution in [3.63, 3.8) is 0 Å². The van der Waals surface area contributed by atoms with Crippen LogP contribution >= 0.6 is 12.4 Å². The van der Waals surface area contributed by atoms with E-state index in [9.17, 15) is 0 Å². The molecule has 0 bridgehead atoms. The van der Waals surface area contributed by atoms with Crippen molar-refractivity contribution in [1.29, 1.82) is 0 Å². The molecule has 4 nitrogen and oxygen atoms in total. The van der Waals surface area contributed by atoms with Gasteiger partial charge in [0.05, 0.1) is 13.7 Å². The number of morpholine rings is 1. The molecule has 0 aliphatic carbocycles. The lowest BCUT2D eigenvalue weighted by Gasteiger charge is -2.32. The Kier molecular flexibility index (Phi) is 6.91. The Hall–Kier alpha value is -1.75. The van der Waals surface area contributed by atoms with E-state index in [1.54, 1.807) is 7.11 Å². The largest absolute Gasteiger partial charge is 0.493 e. The lowest BCUT2D eigenvalue weighted by atomic mass is 10.0. The second-order valence-electron chi connectivity index (χ2n) is 5.72. The van der Waals surface area contributed by atoms with Gasteiger partial charge in [-0.15, -0.1) is 12.4 Å². The van der Waals surface area contributed by atoms with Gasteiger partial charge in [0.1, 0.15) is 6.10 Å². The number of methoxy groups -OCH3 is 1. The lowest BCUT2D eigenvalue weighted by Crippen LogP contribution is -2.43. The maximum absolute atomic E-state index is 6.33. The normalized spacial score (nSPS) is 18.3. The Labute approximate surface area is 149 Å². The maximum atomic E-state index is 6.33. The average Bonchev–Trinajstić information content (AvgIpc) is 2.62. The van der Waals surface area contributed by atoms with E-state index in [4.69, 9.17) is 14.2 Å². The zero-order valence-electron chi connectivity index (χ0n) is 14.0. The first-order valence-corrected chi connectivity index (χ1v) is 7.96. The molecule has 0 saturated carbocycles. The van der Waals surface area contributed by atoms with Crippen LogP contribution in [0.2, 0.25) is 0 Å². The van der Waals surface area contributed by atoms with Gasteiger partial charge >= 0.3 is 0 Å². The van der Waals surface area contributed by atoms with Gasteiger partial charge in [-0.25, -0.2) is 0 Å². The molecule has 5 heteroatoms. The highest BCUT2D eigenvalue weighted by Gasteiger charge is 2.28. The summed E-state index contributed by atoms with van der Waals surface area (Å²) < 4.78 is 17.7. The van der Waals surface area contributed by atoms with Crippen molar-refractivity contribution in [2.75, 3.05) is 26.8 Å². The van der Waals surface area contributed by atoms with Crippen LogP contribution in [0.15, 0.2) is 48.5 Å². The van der Waals surface area contributed by atoms with Crippen LogP contribution in [0.5, 0.6) is 11.5 Å². The van der Waals surface area contributed by atoms with E-state index < -0.39 is 0 Å². The molecular formula is C19H24ClNO3. The highest BCUT2D eigenvalue weighted by molar-refractivity contribution is 5.85. The van der Waals surface area contributed by atoms with E-state index in [2.05, 4.69) is 17.4 Å². The lowest BCUT2D eigenvalue weighted by molar-refractivity contribution is -0.0438. The Balaban J connectivity index is 0.00000208. The molecule has 2 aromatic rings. The van der Waals surface area contributed by atoms with Gasteiger partial charge in [0, 0.05) is 13.1 Å². The van der Waals surface area contributed by atoms with Gasteiger partial charge in [0.2, 0.25) is 0 Å². The number of nitrogens with one attached hydrogen (secondary N) is 1. The fourth-order valence-corrected chi connectivity index (χ4v) is 2.79. The van der Waals surface area contributed by atoms with E-state index in [1.807, 2.05) is 43.3 Å². The predicted octanol–water partition coefficient (Wildman–Crippen LogP) is 3.53. The smallest absolute Gasteiger partial charge is 0.162 e. The second-order valence-corrected chi connectivity index (χ2v) is 5.72. The maximum Gasteiger partial charge on any atom is 0.162 e. The number of halogens is 1. The van der Waals surface area contributed by atoms with Crippen molar-refractivity contribution in [2.24, 2.45) is 0 Å². The molecule has 2 aromatic carbocycles. The monoisotopic (exact) mass is 349 g/mol. The minimum Gasteiger partial charge on any atom is -0.493 e. The minimum atomic E-state index is -0.180. The number of hydrogen-bond acceptors (Lipinski definition) is 4. The van der Waals surface area contributed by atoms with Gasteiger partial charge in [0.15, 0.2) is 17.6 Å². The van der Waals surface area contributed by atoms with Gasteiger partial charge < -0.3 is 19.5 Å². The van der Waals surface area contributed by atoms with Crippen molar-refractivity contribution < 1.29 is 14.2 Å². The van der Waals surface area contributed by atoms with Crippen molar-refractivity contribution in [3.8, 4) is 11.5 Å². The van der Waals surface area contributed by atoms with Crippen molar-refractivity contribution in [2.45, 2.75) is 19.1 Å². The zero-order valence-corrected chi connectivity index (χ0v) is 14.8. The number of ether oxygens (including phenoxy) is 3. The first-order chi connectivity index (χ1) is 11.3. The number of benzene rings is 2. The van der Waals surface area contributed by atoms with Gasteiger partial charge in [-0.1, -0.05) is 36.4 Å². The summed E-state index contributed by atoms with van der Waals surface area (Å²) in [7, 11) is 1.66. The fraction of sp³-hybridized carbons (Fsp3) is 0.368. The molecule has 1 aliphatic rings. The van der Waals surface area contributed by atoms with E-state index in [-0.39, 0.29) is 24.6 Å². The van der Waals surface area contributed by atoms with E-state index in [1.165, 1.54) is 0 Å². The standard InChI is InChI=1S/C19H23NO3.ClH/c1-14-8-9-16(17(12-14)21-2)23-19(15-6-4-3-5-7-15)18-13-20-10-11-22-18;/h3-9,12,18-20H,10-11,13H2,1-2H3;1H/t18-,19-;/m0./s1. The van der Waals surface area contributed by atoms with Crippen LogP contribution < -0.4 is 14.8 Å². The topological polar surface area (TPSA) is 39.7 Å². The highest BCUT2D eigenvalue weighted by Crippen LogP contribution is 2.34. The van der Waals surface area contributed by atoms with Crippen LogP contribution in [0.4, 0.5) is 0 Å². The third-order valence-electron chi connectivity index (χ3n) is 4.00. The average molecular weight is 350 g/mol. The Bertz CT molecular complexity index is 630. The van der Waals surface area contributed by atoms with Gasteiger partial charge in [-0.05, 0) is 30.2 Å². The summed E-state index contributed by atoms with van der Waals surface area (Å²) in [6, 6.07) is 16.2. The summed E-state index contributed by atoms with van der Waals surface area (Å²) in [5.74, 6) is 1.48. The van der Waals surface area contributed by atoms with E-state index in [0.29, 0.717) is 6.61 Å². The molecule has 2 atom stereocenters. The van der Waals surface area contributed by atoms with Crippen molar-refractivity contribution >= 4 is 12.4 Å². The summed E-state index contributed by atoms with van der Waals surface area (Å²) in [6.07, 6.45) is -0.210. The van der Waals surface area contributed by atoms with Gasteiger partial charge in [-0.3, -0.25) is 0 Å². The number of hydrogen-bond donors (Lipinski definition) is 1. The quantitative estimate of drug-likeness (QED) is 0.896. The van der Waals surface area contributed by atoms with Crippen LogP contribution in [0.3, 0.4) is 0 Å². The molecule has 1 aliphatic heterocycles. The summed E-state index contributed by atoms with van der Waals surface area (Å²) in [5, 5.41) is 3.37. The third kappa shape index (κ3) is 4.41. The molecule has 1 heterocycles. The fourth-order valence-electron chi connectivity index (χ4n) is 2.79. The van der Waals surface area contributed by atoms with Gasteiger partial charge in [-0.2, -0.15) is 0 Å².